The van der Waals surface area contributed by atoms with Crippen LogP contribution in [0.3, 0.4) is 0 Å². The van der Waals surface area contributed by atoms with Gasteiger partial charge in [0.05, 0.1) is 5.69 Å². The van der Waals surface area contributed by atoms with Gasteiger partial charge in [0.2, 0.25) is 5.91 Å². The van der Waals surface area contributed by atoms with Crippen molar-refractivity contribution in [3.05, 3.63) is 63.6 Å². The number of hydrogen-bond donors (Lipinski definition) is 1. The van der Waals surface area contributed by atoms with Crippen molar-refractivity contribution in [2.45, 2.75) is 19.8 Å². The van der Waals surface area contributed by atoms with Crippen LogP contribution in [-0.4, -0.2) is 25.0 Å². The lowest BCUT2D eigenvalue weighted by atomic mass is 9.80. The molecule has 0 atom stereocenters. The first kappa shape index (κ1) is 18.9. The summed E-state index contributed by atoms with van der Waals surface area (Å²) >= 11 is 5.05. The molecular formula is C20H22BrN3OS. The van der Waals surface area contributed by atoms with Gasteiger partial charge in [-0.2, -0.15) is 0 Å². The van der Waals surface area contributed by atoms with Crippen molar-refractivity contribution < 1.29 is 4.79 Å². The zero-order valence-electron chi connectivity index (χ0n) is 15.1. The number of carbonyl (C=O) groups excluding carboxylic acids is 1. The van der Waals surface area contributed by atoms with Crippen LogP contribution in [0.5, 0.6) is 0 Å². The van der Waals surface area contributed by atoms with Gasteiger partial charge in [-0.05, 0) is 37.1 Å². The van der Waals surface area contributed by atoms with Crippen LogP contribution in [0.1, 0.15) is 17.7 Å². The summed E-state index contributed by atoms with van der Waals surface area (Å²) in [7, 11) is 4.06. The number of amides is 1. The fourth-order valence-electron chi connectivity index (χ4n) is 3.10. The normalized spacial score (nSPS) is 14.6. The summed E-state index contributed by atoms with van der Waals surface area (Å²) < 4.78 is 1.04. The number of anilines is 2. The third-order valence-electron chi connectivity index (χ3n) is 4.31. The van der Waals surface area contributed by atoms with E-state index in [2.05, 4.69) is 61.5 Å². The summed E-state index contributed by atoms with van der Waals surface area (Å²) in [6.45, 7) is 1.92. The summed E-state index contributed by atoms with van der Waals surface area (Å²) in [6.07, 6.45) is 9.44. The predicted octanol–water partition coefficient (Wildman–Crippen LogP) is 4.96. The number of aryl methyl sites for hydroxylation is 1. The predicted molar refractivity (Wildman–Crippen MR) is 113 cm³/mol. The molecule has 1 aromatic heterocycles. The molecular weight excluding hydrogens is 410 g/mol. The number of nitrogens with one attached hydrogen (secondary N) is 1. The van der Waals surface area contributed by atoms with E-state index in [9.17, 15) is 4.79 Å². The Bertz CT molecular complexity index is 858. The van der Waals surface area contributed by atoms with E-state index in [1.54, 1.807) is 0 Å². The molecule has 1 aliphatic rings. The molecule has 0 bridgehead atoms. The largest absolute Gasteiger partial charge is 0.378 e. The average molecular weight is 432 g/mol. The van der Waals surface area contributed by atoms with Crippen LogP contribution in [0.25, 0.3) is 0 Å². The van der Waals surface area contributed by atoms with Gasteiger partial charge in [-0.3, -0.25) is 4.79 Å². The average Bonchev–Trinajstić information content (AvgIpc) is 3.16. The smallest absolute Gasteiger partial charge is 0.227 e. The molecule has 1 N–H and O–H groups in total. The van der Waals surface area contributed by atoms with Gasteiger partial charge in [-0.1, -0.05) is 40.2 Å². The Labute approximate surface area is 166 Å². The molecule has 0 aliphatic heterocycles. The molecule has 0 saturated heterocycles. The van der Waals surface area contributed by atoms with Crippen LogP contribution in [-0.2, 0) is 11.2 Å². The molecule has 1 heterocycles. The molecule has 0 radical (unpaired) electrons. The van der Waals surface area contributed by atoms with Gasteiger partial charge in [0.25, 0.3) is 0 Å². The first-order valence-electron chi connectivity index (χ1n) is 8.41. The monoisotopic (exact) mass is 431 g/mol. The topological polar surface area (TPSA) is 45.2 Å². The number of hydrogen-bond acceptors (Lipinski definition) is 4. The second-order valence-electron chi connectivity index (χ2n) is 6.86. The van der Waals surface area contributed by atoms with Crippen LogP contribution >= 0.6 is 27.3 Å². The third-order valence-corrected chi connectivity index (χ3v) is 5.65. The van der Waals surface area contributed by atoms with Crippen LogP contribution in [0.15, 0.2) is 52.4 Å². The number of rotatable bonds is 6. The van der Waals surface area contributed by atoms with E-state index >= 15 is 0 Å². The van der Waals surface area contributed by atoms with Crippen LogP contribution in [0, 0.1) is 12.3 Å². The second-order valence-corrected chi connectivity index (χ2v) is 8.63. The van der Waals surface area contributed by atoms with Crippen molar-refractivity contribution in [2.24, 2.45) is 5.41 Å². The number of thiazole rings is 1. The van der Waals surface area contributed by atoms with Crippen LogP contribution in [0.4, 0.5) is 10.8 Å². The lowest BCUT2D eigenvalue weighted by Gasteiger charge is -2.26. The molecule has 0 fully saturated rings. The molecule has 26 heavy (non-hydrogen) atoms. The molecule has 0 spiro atoms. The van der Waals surface area contributed by atoms with E-state index in [1.807, 2.05) is 38.6 Å². The number of carbonyl (C=O) groups is 1. The zero-order valence-corrected chi connectivity index (χ0v) is 17.5. The van der Waals surface area contributed by atoms with E-state index in [4.69, 9.17) is 0 Å². The Kier molecular flexibility index (Phi) is 5.63. The molecule has 3 rings (SSSR count). The quantitative estimate of drug-likeness (QED) is 0.702. The minimum atomic E-state index is -0.305. The van der Waals surface area contributed by atoms with Gasteiger partial charge in [0.15, 0.2) is 5.13 Å². The van der Waals surface area contributed by atoms with Gasteiger partial charge >= 0.3 is 0 Å². The van der Waals surface area contributed by atoms with E-state index in [0.717, 1.165) is 22.3 Å². The van der Waals surface area contributed by atoms with Crippen molar-refractivity contribution in [3.63, 3.8) is 0 Å². The Morgan fingerprint density at radius 2 is 2.00 bits per heavy atom. The van der Waals surface area contributed by atoms with E-state index in [0.29, 0.717) is 11.6 Å². The summed E-state index contributed by atoms with van der Waals surface area (Å²) in [5, 5.41) is 5.52. The number of nitrogens with zero attached hydrogens (tertiary/aromatic N) is 2. The second kappa shape index (κ2) is 7.76. The standard InChI is InChI=1S/C20H22BrN3OS/c1-14-13-26-19(22-14)23-18(25)12-20(6-4-5-7-20)11-15-8-16(21)10-17(9-15)24(2)3/h4-10,13H,11-12H2,1-3H3,(H,22,23,25). The number of benzene rings is 1. The van der Waals surface area contributed by atoms with Crippen molar-refractivity contribution in [2.75, 3.05) is 24.3 Å². The summed E-state index contributed by atoms with van der Waals surface area (Å²) in [4.78, 5) is 19.0. The lowest BCUT2D eigenvalue weighted by molar-refractivity contribution is -0.117. The van der Waals surface area contributed by atoms with Crippen molar-refractivity contribution in [3.8, 4) is 0 Å². The number of allylic oxidation sites excluding steroid dienone is 4. The fourth-order valence-corrected chi connectivity index (χ4v) is 4.33. The highest BCUT2D eigenvalue weighted by molar-refractivity contribution is 9.10. The first-order valence-corrected chi connectivity index (χ1v) is 10.1. The van der Waals surface area contributed by atoms with Gasteiger partial charge in [-0.25, -0.2) is 4.98 Å². The summed E-state index contributed by atoms with van der Waals surface area (Å²) in [5.41, 5.74) is 2.95. The highest BCUT2D eigenvalue weighted by Crippen LogP contribution is 2.36. The Morgan fingerprint density at radius 3 is 2.62 bits per heavy atom. The minimum absolute atomic E-state index is 0.0154. The molecule has 0 unspecified atom stereocenters. The Hall–Kier alpha value is -1.92. The molecule has 4 nitrogen and oxygen atoms in total. The zero-order chi connectivity index (χ0) is 18.7. The van der Waals surface area contributed by atoms with Crippen molar-refractivity contribution in [1.29, 1.82) is 0 Å². The van der Waals surface area contributed by atoms with Crippen molar-refractivity contribution >= 4 is 44.0 Å². The Balaban J connectivity index is 1.77. The van der Waals surface area contributed by atoms with Crippen LogP contribution < -0.4 is 10.2 Å². The number of halogens is 1. The molecule has 1 aliphatic carbocycles. The molecule has 136 valence electrons. The number of aromatic nitrogens is 1. The van der Waals surface area contributed by atoms with Gasteiger partial charge in [-0.15, -0.1) is 11.3 Å². The van der Waals surface area contributed by atoms with Gasteiger partial charge in [0.1, 0.15) is 0 Å². The summed E-state index contributed by atoms with van der Waals surface area (Å²) in [6, 6.07) is 6.39. The maximum Gasteiger partial charge on any atom is 0.227 e. The third kappa shape index (κ3) is 4.62. The molecule has 2 aromatic rings. The van der Waals surface area contributed by atoms with Crippen LogP contribution in [0.2, 0.25) is 0 Å². The van der Waals surface area contributed by atoms with E-state index in [1.165, 1.54) is 16.9 Å². The van der Waals surface area contributed by atoms with Crippen molar-refractivity contribution in [1.82, 2.24) is 4.98 Å². The van der Waals surface area contributed by atoms with E-state index < -0.39 is 0 Å². The highest BCUT2D eigenvalue weighted by Gasteiger charge is 2.30. The van der Waals surface area contributed by atoms with E-state index in [-0.39, 0.29) is 11.3 Å². The minimum Gasteiger partial charge on any atom is -0.378 e. The summed E-state index contributed by atoms with van der Waals surface area (Å²) in [5.74, 6) is -0.0154. The molecule has 1 amide bonds. The van der Waals surface area contributed by atoms with Gasteiger partial charge in [0, 0.05) is 41.5 Å². The molecule has 1 aromatic carbocycles. The Morgan fingerprint density at radius 1 is 1.27 bits per heavy atom. The molecule has 6 heteroatoms. The fraction of sp³-hybridized carbons (Fsp3) is 0.300. The first-order chi connectivity index (χ1) is 12.3. The lowest BCUT2D eigenvalue weighted by Crippen LogP contribution is -2.25. The SMILES string of the molecule is Cc1csc(NC(=O)CC2(Cc3cc(Br)cc(N(C)C)c3)C=CC=C2)n1. The van der Waals surface area contributed by atoms with Gasteiger partial charge < -0.3 is 10.2 Å². The highest BCUT2D eigenvalue weighted by atomic mass is 79.9. The maximum absolute atomic E-state index is 12.6. The molecule has 0 saturated carbocycles. The maximum atomic E-state index is 12.6.